The highest BCUT2D eigenvalue weighted by Crippen LogP contribution is 2.21. The molecule has 2 aromatic rings. The van der Waals surface area contributed by atoms with E-state index in [-0.39, 0.29) is 11.8 Å². The molecule has 2 amide bonds. The number of aromatic nitrogens is 2. The fraction of sp³-hybridized carbons (Fsp3) is 0.389. The molecular formula is C18H22N4O2. The van der Waals surface area contributed by atoms with E-state index in [1.54, 1.807) is 42.2 Å². The van der Waals surface area contributed by atoms with Gasteiger partial charge in [-0.2, -0.15) is 5.10 Å². The molecule has 0 radical (unpaired) electrons. The molecule has 0 aliphatic carbocycles. The molecule has 1 saturated heterocycles. The Morgan fingerprint density at radius 1 is 1.12 bits per heavy atom. The van der Waals surface area contributed by atoms with Gasteiger partial charge < -0.3 is 10.2 Å². The first-order chi connectivity index (χ1) is 11.7. The van der Waals surface area contributed by atoms with Gasteiger partial charge in [-0.25, -0.2) is 0 Å². The van der Waals surface area contributed by atoms with Crippen LogP contribution in [-0.2, 0) is 4.79 Å². The van der Waals surface area contributed by atoms with E-state index in [9.17, 15) is 9.59 Å². The van der Waals surface area contributed by atoms with Crippen LogP contribution in [0.25, 0.3) is 0 Å². The van der Waals surface area contributed by atoms with Crippen LogP contribution in [0.5, 0.6) is 0 Å². The van der Waals surface area contributed by atoms with Crippen molar-refractivity contribution in [2.24, 2.45) is 0 Å². The summed E-state index contributed by atoms with van der Waals surface area (Å²) in [6.45, 7) is 3.34. The number of benzene rings is 1. The van der Waals surface area contributed by atoms with Crippen LogP contribution in [-0.4, -0.2) is 39.6 Å². The van der Waals surface area contributed by atoms with Crippen LogP contribution in [0.3, 0.4) is 0 Å². The summed E-state index contributed by atoms with van der Waals surface area (Å²) in [5.41, 5.74) is 1.09. The molecule has 1 aliphatic heterocycles. The fourth-order valence-electron chi connectivity index (χ4n) is 2.91. The summed E-state index contributed by atoms with van der Waals surface area (Å²) in [6.07, 6.45) is 6.63. The monoisotopic (exact) mass is 326 g/mol. The Labute approximate surface area is 141 Å². The highest BCUT2D eigenvalue weighted by Gasteiger charge is 2.22. The van der Waals surface area contributed by atoms with Gasteiger partial charge in [-0.15, -0.1) is 0 Å². The Balaban J connectivity index is 1.76. The van der Waals surface area contributed by atoms with Gasteiger partial charge in [0.2, 0.25) is 5.91 Å². The van der Waals surface area contributed by atoms with Crippen molar-refractivity contribution in [3.8, 4) is 0 Å². The molecule has 6 nitrogen and oxygen atoms in total. The van der Waals surface area contributed by atoms with Gasteiger partial charge in [0.1, 0.15) is 6.04 Å². The van der Waals surface area contributed by atoms with E-state index in [1.807, 2.05) is 17.0 Å². The second kappa shape index (κ2) is 7.29. The topological polar surface area (TPSA) is 67.2 Å². The van der Waals surface area contributed by atoms with Crippen LogP contribution in [0, 0.1) is 0 Å². The molecule has 0 bridgehead atoms. The van der Waals surface area contributed by atoms with Crippen LogP contribution < -0.4 is 5.32 Å². The first-order valence-corrected chi connectivity index (χ1v) is 8.35. The Morgan fingerprint density at radius 2 is 1.88 bits per heavy atom. The number of anilines is 1. The van der Waals surface area contributed by atoms with Gasteiger partial charge in [-0.1, -0.05) is 12.1 Å². The van der Waals surface area contributed by atoms with Crippen LogP contribution >= 0.6 is 0 Å². The number of hydrogen-bond acceptors (Lipinski definition) is 3. The summed E-state index contributed by atoms with van der Waals surface area (Å²) < 4.78 is 1.59. The maximum Gasteiger partial charge on any atom is 0.255 e. The van der Waals surface area contributed by atoms with Crippen molar-refractivity contribution >= 4 is 17.5 Å². The van der Waals surface area contributed by atoms with Crippen molar-refractivity contribution in [3.63, 3.8) is 0 Å². The Kier molecular flexibility index (Phi) is 4.93. The van der Waals surface area contributed by atoms with Gasteiger partial charge >= 0.3 is 0 Å². The van der Waals surface area contributed by atoms with Crippen molar-refractivity contribution in [3.05, 3.63) is 48.3 Å². The Hall–Kier alpha value is -2.63. The smallest absolute Gasteiger partial charge is 0.255 e. The van der Waals surface area contributed by atoms with Crippen LogP contribution in [0.4, 0.5) is 5.69 Å². The van der Waals surface area contributed by atoms with Gasteiger partial charge in [0, 0.05) is 25.5 Å². The minimum atomic E-state index is -0.446. The van der Waals surface area contributed by atoms with E-state index in [2.05, 4.69) is 10.4 Å². The summed E-state index contributed by atoms with van der Waals surface area (Å²) in [7, 11) is 0. The molecule has 0 saturated carbocycles. The molecule has 1 aromatic heterocycles. The predicted molar refractivity (Wildman–Crippen MR) is 91.8 cm³/mol. The van der Waals surface area contributed by atoms with Crippen LogP contribution in [0.1, 0.15) is 42.6 Å². The van der Waals surface area contributed by atoms with Crippen molar-refractivity contribution in [2.75, 3.05) is 18.4 Å². The number of carbonyl (C=O) groups excluding carboxylic acids is 2. The molecule has 1 aromatic carbocycles. The maximum absolute atomic E-state index is 12.8. The highest BCUT2D eigenvalue weighted by atomic mass is 16.2. The molecule has 2 heterocycles. The summed E-state index contributed by atoms with van der Waals surface area (Å²) >= 11 is 0. The number of amides is 2. The lowest BCUT2D eigenvalue weighted by atomic mass is 10.1. The zero-order valence-corrected chi connectivity index (χ0v) is 13.8. The van der Waals surface area contributed by atoms with Gasteiger partial charge in [-0.05, 0) is 44.4 Å². The molecule has 3 rings (SSSR count). The third kappa shape index (κ3) is 3.48. The molecule has 1 fully saturated rings. The number of piperidine rings is 1. The quantitative estimate of drug-likeness (QED) is 0.939. The third-order valence-corrected chi connectivity index (χ3v) is 4.36. The Morgan fingerprint density at radius 3 is 2.58 bits per heavy atom. The van der Waals surface area contributed by atoms with Crippen LogP contribution in [0.2, 0.25) is 0 Å². The van der Waals surface area contributed by atoms with E-state index in [4.69, 9.17) is 0 Å². The molecule has 0 spiro atoms. The van der Waals surface area contributed by atoms with E-state index < -0.39 is 6.04 Å². The van der Waals surface area contributed by atoms with Crippen molar-refractivity contribution in [1.82, 2.24) is 14.7 Å². The van der Waals surface area contributed by atoms with Gasteiger partial charge in [0.05, 0.1) is 11.3 Å². The minimum Gasteiger partial charge on any atom is -0.339 e. The highest BCUT2D eigenvalue weighted by molar-refractivity contribution is 6.04. The van der Waals surface area contributed by atoms with Gasteiger partial charge in [-0.3, -0.25) is 14.3 Å². The predicted octanol–water partition coefficient (Wildman–Crippen LogP) is 2.71. The number of para-hydroxylation sites is 1. The summed E-state index contributed by atoms with van der Waals surface area (Å²) in [6, 6.07) is 8.51. The SMILES string of the molecule is CC(C(=O)Nc1ccccc1C(=O)N1CCCCC1)n1cccn1. The van der Waals surface area contributed by atoms with E-state index in [0.29, 0.717) is 11.3 Å². The van der Waals surface area contributed by atoms with Crippen molar-refractivity contribution in [2.45, 2.75) is 32.2 Å². The van der Waals surface area contributed by atoms with Gasteiger partial charge in [0.15, 0.2) is 0 Å². The zero-order valence-electron chi connectivity index (χ0n) is 13.8. The number of hydrogen-bond donors (Lipinski definition) is 1. The normalized spacial score (nSPS) is 15.8. The first-order valence-electron chi connectivity index (χ1n) is 8.35. The lowest BCUT2D eigenvalue weighted by Gasteiger charge is -2.27. The van der Waals surface area contributed by atoms with E-state index in [0.717, 1.165) is 25.9 Å². The number of rotatable bonds is 4. The first kappa shape index (κ1) is 16.2. The Bertz CT molecular complexity index is 706. The second-order valence-electron chi connectivity index (χ2n) is 6.05. The molecular weight excluding hydrogens is 304 g/mol. The summed E-state index contributed by atoms with van der Waals surface area (Å²) in [4.78, 5) is 27.1. The zero-order chi connectivity index (χ0) is 16.9. The molecule has 1 aliphatic rings. The average molecular weight is 326 g/mol. The fourth-order valence-corrected chi connectivity index (χ4v) is 2.91. The molecule has 1 unspecified atom stereocenters. The molecule has 126 valence electrons. The maximum atomic E-state index is 12.8. The standard InChI is InChI=1S/C18H22N4O2/c1-14(22-13-7-10-19-22)17(23)20-16-9-4-3-8-15(16)18(24)21-11-5-2-6-12-21/h3-4,7-10,13-14H,2,5-6,11-12H2,1H3,(H,20,23). The molecule has 24 heavy (non-hydrogen) atoms. The van der Waals surface area contributed by atoms with E-state index >= 15 is 0 Å². The molecule has 1 N–H and O–H groups in total. The summed E-state index contributed by atoms with van der Waals surface area (Å²) in [5.74, 6) is -0.213. The second-order valence-corrected chi connectivity index (χ2v) is 6.05. The van der Waals surface area contributed by atoms with Crippen LogP contribution in [0.15, 0.2) is 42.7 Å². The number of nitrogens with one attached hydrogen (secondary N) is 1. The molecule has 1 atom stereocenters. The number of carbonyl (C=O) groups is 2. The summed E-state index contributed by atoms with van der Waals surface area (Å²) in [5, 5.41) is 6.96. The lowest BCUT2D eigenvalue weighted by molar-refractivity contribution is -0.119. The number of likely N-dealkylation sites (tertiary alicyclic amines) is 1. The number of nitrogens with zero attached hydrogens (tertiary/aromatic N) is 3. The average Bonchev–Trinajstić information content (AvgIpc) is 3.16. The van der Waals surface area contributed by atoms with Gasteiger partial charge in [0.25, 0.3) is 5.91 Å². The van der Waals surface area contributed by atoms with Crippen molar-refractivity contribution in [1.29, 1.82) is 0 Å². The minimum absolute atomic E-state index is 0.0163. The van der Waals surface area contributed by atoms with Crippen molar-refractivity contribution < 1.29 is 9.59 Å². The molecule has 6 heteroatoms. The largest absolute Gasteiger partial charge is 0.339 e. The third-order valence-electron chi connectivity index (χ3n) is 4.36. The lowest BCUT2D eigenvalue weighted by Crippen LogP contribution is -2.36. The van der Waals surface area contributed by atoms with E-state index in [1.165, 1.54) is 6.42 Å².